The fourth-order valence-electron chi connectivity index (χ4n) is 1.60. The van der Waals surface area contributed by atoms with Gasteiger partial charge in [0, 0.05) is 12.0 Å². The lowest BCUT2D eigenvalue weighted by atomic mass is 10.1. The Bertz CT molecular complexity index is 696. The molecule has 0 radical (unpaired) electrons. The van der Waals surface area contributed by atoms with Gasteiger partial charge in [0.05, 0.1) is 11.3 Å². The number of hydrogen-bond donors (Lipinski definition) is 2. The Balaban J connectivity index is 2.85. The summed E-state index contributed by atoms with van der Waals surface area (Å²) in [7, 11) is -3.94. The molecule has 0 aliphatic carbocycles. The lowest BCUT2D eigenvalue weighted by molar-refractivity contribution is -0.137. The number of benzene rings is 1. The predicted molar refractivity (Wildman–Crippen MR) is 71.8 cm³/mol. The number of aryl methyl sites for hydroxylation is 1. The molecule has 0 heterocycles. The van der Waals surface area contributed by atoms with Crippen LogP contribution in [0, 0.1) is 6.92 Å². The summed E-state index contributed by atoms with van der Waals surface area (Å²) in [6, 6.07) is 4.01. The van der Waals surface area contributed by atoms with Gasteiger partial charge < -0.3 is 10.5 Å². The van der Waals surface area contributed by atoms with E-state index in [1.807, 2.05) is 0 Å². The van der Waals surface area contributed by atoms with Crippen molar-refractivity contribution < 1.29 is 27.5 Å². The van der Waals surface area contributed by atoms with Gasteiger partial charge >= 0.3 is 12.1 Å². The highest BCUT2D eigenvalue weighted by molar-refractivity contribution is 7.89. The van der Waals surface area contributed by atoms with Gasteiger partial charge in [-0.2, -0.15) is 0 Å². The van der Waals surface area contributed by atoms with E-state index in [1.165, 1.54) is 19.1 Å². The topological polar surface area (TPSA) is 147 Å². The average Bonchev–Trinajstić information content (AvgIpc) is 2.34. The molecule has 0 saturated carbocycles. The molecule has 0 spiro atoms. The number of ether oxygens (including phenoxy) is 1. The Kier molecular flexibility index (Phi) is 5.17. The molecular weight excluding hydrogens is 300 g/mol. The van der Waals surface area contributed by atoms with Crippen molar-refractivity contribution in [1.29, 1.82) is 0 Å². The molecule has 0 atom stereocenters. The van der Waals surface area contributed by atoms with Crippen molar-refractivity contribution >= 4 is 27.9 Å². The summed E-state index contributed by atoms with van der Waals surface area (Å²) in [4.78, 5) is 33.1. The molecule has 1 rings (SSSR count). The lowest BCUT2D eigenvalue weighted by Gasteiger charge is -2.06. The maximum atomic E-state index is 11.9. The van der Waals surface area contributed by atoms with Crippen LogP contribution in [0.2, 0.25) is 0 Å². The monoisotopic (exact) mass is 314 g/mol. The minimum atomic E-state index is -3.94. The molecule has 0 aliphatic rings. The second kappa shape index (κ2) is 6.46. The molecule has 1 aromatic rings. The zero-order valence-corrected chi connectivity index (χ0v) is 12.0. The van der Waals surface area contributed by atoms with Gasteiger partial charge in [0.25, 0.3) is 0 Å². The summed E-state index contributed by atoms with van der Waals surface area (Å²) in [5.74, 6) is -1.42. The highest BCUT2D eigenvalue weighted by Crippen LogP contribution is 2.17. The van der Waals surface area contributed by atoms with Crippen LogP contribution in [0.3, 0.4) is 0 Å². The van der Waals surface area contributed by atoms with E-state index < -0.39 is 27.9 Å². The van der Waals surface area contributed by atoms with Gasteiger partial charge in [-0.15, -0.1) is 0 Å². The first-order chi connectivity index (χ1) is 9.61. The number of sulfonamides is 1. The van der Waals surface area contributed by atoms with Gasteiger partial charge in [0.1, 0.15) is 0 Å². The van der Waals surface area contributed by atoms with Crippen molar-refractivity contribution in [3.63, 3.8) is 0 Å². The molecule has 1 amide bonds. The van der Waals surface area contributed by atoms with Crippen LogP contribution in [-0.2, 0) is 19.6 Å². The van der Waals surface area contributed by atoms with Crippen LogP contribution in [0.25, 0.3) is 0 Å². The van der Waals surface area contributed by atoms with Crippen molar-refractivity contribution in [2.75, 3.05) is 0 Å². The second-order valence-corrected chi connectivity index (χ2v) is 5.77. The van der Waals surface area contributed by atoms with Crippen molar-refractivity contribution in [2.45, 2.75) is 24.7 Å². The normalized spacial score (nSPS) is 11.0. The van der Waals surface area contributed by atoms with Crippen LogP contribution in [0.1, 0.15) is 28.8 Å². The summed E-state index contributed by atoms with van der Waals surface area (Å²) in [6.07, 6.45) is -1.85. The Labute approximate surface area is 121 Å². The van der Waals surface area contributed by atoms with Gasteiger partial charge in [-0.25, -0.2) is 18.4 Å². The first-order valence-electron chi connectivity index (χ1n) is 5.78. The number of amides is 1. The van der Waals surface area contributed by atoms with Gasteiger partial charge in [-0.1, -0.05) is 12.1 Å². The Morgan fingerprint density at radius 2 is 1.81 bits per heavy atom. The predicted octanol–water partition coefficient (Wildman–Crippen LogP) is 0.227. The first kappa shape index (κ1) is 16.8. The van der Waals surface area contributed by atoms with Crippen LogP contribution in [-0.4, -0.2) is 26.3 Å². The highest BCUT2D eigenvalue weighted by atomic mass is 32.2. The fourth-order valence-corrected chi connectivity index (χ4v) is 2.41. The number of nitrogens with two attached hydrogens (primary N) is 2. The molecule has 0 bridgehead atoms. The van der Waals surface area contributed by atoms with Crippen molar-refractivity contribution in [3.05, 3.63) is 29.3 Å². The molecule has 1 aromatic carbocycles. The average molecular weight is 314 g/mol. The van der Waals surface area contributed by atoms with Crippen molar-refractivity contribution in [1.82, 2.24) is 0 Å². The second-order valence-electron chi connectivity index (χ2n) is 4.24. The SMILES string of the molecule is Cc1ccc(C(=O)CCC(=O)OC(N)=O)cc1S(N)(=O)=O. The number of ketones is 1. The van der Waals surface area contributed by atoms with Crippen LogP contribution in [0.4, 0.5) is 4.79 Å². The van der Waals surface area contributed by atoms with E-state index in [0.29, 0.717) is 5.56 Å². The maximum absolute atomic E-state index is 11.9. The molecule has 21 heavy (non-hydrogen) atoms. The van der Waals surface area contributed by atoms with Crippen molar-refractivity contribution in [2.24, 2.45) is 10.9 Å². The Hall–Kier alpha value is -2.26. The lowest BCUT2D eigenvalue weighted by Crippen LogP contribution is -2.19. The molecule has 9 heteroatoms. The van der Waals surface area contributed by atoms with Crippen LogP contribution in [0.15, 0.2) is 23.1 Å². The summed E-state index contributed by atoms with van der Waals surface area (Å²) < 4.78 is 26.8. The van der Waals surface area contributed by atoms with Crippen LogP contribution >= 0.6 is 0 Å². The third kappa shape index (κ3) is 4.97. The van der Waals surface area contributed by atoms with E-state index in [9.17, 15) is 22.8 Å². The molecule has 0 aromatic heterocycles. The van der Waals surface area contributed by atoms with E-state index in [1.54, 1.807) is 0 Å². The van der Waals surface area contributed by atoms with Gasteiger partial charge in [0.15, 0.2) is 5.78 Å². The maximum Gasteiger partial charge on any atom is 0.412 e. The largest absolute Gasteiger partial charge is 0.412 e. The number of hydrogen-bond acceptors (Lipinski definition) is 6. The quantitative estimate of drug-likeness (QED) is 0.451. The Morgan fingerprint density at radius 1 is 1.19 bits per heavy atom. The fraction of sp³-hybridized carbons (Fsp3) is 0.250. The van der Waals surface area contributed by atoms with Gasteiger partial charge in [-0.05, 0) is 18.6 Å². The molecule has 0 saturated heterocycles. The third-order valence-corrected chi connectivity index (χ3v) is 3.64. The molecule has 8 nitrogen and oxygen atoms in total. The summed E-state index contributed by atoms with van der Waals surface area (Å²) in [5.41, 5.74) is 5.15. The van der Waals surface area contributed by atoms with E-state index in [-0.39, 0.29) is 23.3 Å². The number of Topliss-reactive ketones (excluding diaryl/α,β-unsaturated/α-hetero) is 1. The van der Waals surface area contributed by atoms with Crippen molar-refractivity contribution in [3.8, 4) is 0 Å². The van der Waals surface area contributed by atoms with Crippen LogP contribution in [0.5, 0.6) is 0 Å². The number of primary amides is 1. The third-order valence-electron chi connectivity index (χ3n) is 2.59. The zero-order chi connectivity index (χ0) is 16.2. The van der Waals surface area contributed by atoms with Crippen LogP contribution < -0.4 is 10.9 Å². The smallest absolute Gasteiger partial charge is 0.376 e. The number of carbonyl (C=O) groups excluding carboxylic acids is 3. The number of carbonyl (C=O) groups is 3. The van der Waals surface area contributed by atoms with Gasteiger partial charge in [-0.3, -0.25) is 9.59 Å². The summed E-state index contributed by atoms with van der Waals surface area (Å²) >= 11 is 0. The highest BCUT2D eigenvalue weighted by Gasteiger charge is 2.16. The minimum Gasteiger partial charge on any atom is -0.376 e. The van der Waals surface area contributed by atoms with Gasteiger partial charge in [0.2, 0.25) is 10.0 Å². The van der Waals surface area contributed by atoms with E-state index in [0.717, 1.165) is 6.07 Å². The molecular formula is C12H14N2O6S. The summed E-state index contributed by atoms with van der Waals surface area (Å²) in [5, 5.41) is 5.04. The minimum absolute atomic E-state index is 0.0940. The summed E-state index contributed by atoms with van der Waals surface area (Å²) in [6.45, 7) is 1.54. The molecule has 0 aliphatic heterocycles. The first-order valence-corrected chi connectivity index (χ1v) is 7.32. The van der Waals surface area contributed by atoms with E-state index in [2.05, 4.69) is 10.5 Å². The number of esters is 1. The molecule has 0 unspecified atom stereocenters. The van der Waals surface area contributed by atoms with E-state index >= 15 is 0 Å². The number of primary sulfonamides is 1. The Morgan fingerprint density at radius 3 is 2.33 bits per heavy atom. The van der Waals surface area contributed by atoms with E-state index in [4.69, 9.17) is 5.14 Å². The standard InChI is InChI=1S/C12H14N2O6S/c1-7-2-3-8(6-10(7)21(14,18)19)9(15)4-5-11(16)20-12(13)17/h2-3,6H,4-5H2,1H3,(H2,13,17)(H2,14,18,19). The zero-order valence-electron chi connectivity index (χ0n) is 11.2. The molecule has 114 valence electrons. The number of rotatable bonds is 5. The molecule has 4 N–H and O–H groups in total. The molecule has 0 fully saturated rings.